The van der Waals surface area contributed by atoms with Crippen LogP contribution in [0, 0.1) is 13.8 Å². The number of methoxy groups -OCH3 is 1. The van der Waals surface area contributed by atoms with Crippen LogP contribution >= 0.6 is 0 Å². The Labute approximate surface area is 192 Å². The number of aliphatic hydroxyl groups is 1. The lowest BCUT2D eigenvalue weighted by atomic mass is 9.94. The van der Waals surface area contributed by atoms with Crippen LogP contribution in [0.1, 0.15) is 28.7 Å². The lowest BCUT2D eigenvalue weighted by molar-refractivity contribution is -0.140. The average Bonchev–Trinajstić information content (AvgIpc) is 3.07. The quantitative estimate of drug-likeness (QED) is 0.402. The van der Waals surface area contributed by atoms with Crippen molar-refractivity contribution in [2.24, 2.45) is 0 Å². The van der Waals surface area contributed by atoms with Gasteiger partial charge in [0, 0.05) is 37.9 Å². The Morgan fingerprint density at radius 3 is 2.61 bits per heavy atom. The van der Waals surface area contributed by atoms with Gasteiger partial charge < -0.3 is 19.5 Å². The van der Waals surface area contributed by atoms with Crippen molar-refractivity contribution in [3.8, 4) is 5.75 Å². The first-order valence-corrected chi connectivity index (χ1v) is 10.9. The molecular formula is C24H28N4O5. The number of para-hydroxylation sites is 1. The SMILES string of the molecule is COc1ccccc1[C@@H]1/C(=C(\O)c2cnc(C)nc2C)C(=O)C(=O)N1CCN1CCOCC1. The van der Waals surface area contributed by atoms with E-state index in [2.05, 4.69) is 14.9 Å². The van der Waals surface area contributed by atoms with Gasteiger partial charge in [-0.05, 0) is 19.9 Å². The molecule has 0 unspecified atom stereocenters. The minimum Gasteiger partial charge on any atom is -0.507 e. The Morgan fingerprint density at radius 1 is 1.18 bits per heavy atom. The third kappa shape index (κ3) is 4.46. The highest BCUT2D eigenvalue weighted by atomic mass is 16.5. The number of hydrogen-bond acceptors (Lipinski definition) is 8. The van der Waals surface area contributed by atoms with E-state index in [0.29, 0.717) is 54.7 Å². The topological polar surface area (TPSA) is 105 Å². The van der Waals surface area contributed by atoms with E-state index >= 15 is 0 Å². The fourth-order valence-corrected chi connectivity index (χ4v) is 4.36. The number of nitrogens with zero attached hydrogens (tertiary/aromatic N) is 4. The second-order valence-corrected chi connectivity index (χ2v) is 8.10. The van der Waals surface area contributed by atoms with Gasteiger partial charge in [0.1, 0.15) is 17.3 Å². The molecule has 0 bridgehead atoms. The van der Waals surface area contributed by atoms with Crippen LogP contribution in [0.4, 0.5) is 0 Å². The number of carbonyl (C=O) groups excluding carboxylic acids is 2. The molecule has 2 aromatic rings. The third-order valence-electron chi connectivity index (χ3n) is 6.09. The second kappa shape index (κ2) is 9.68. The lowest BCUT2D eigenvalue weighted by Crippen LogP contribution is -2.42. The summed E-state index contributed by atoms with van der Waals surface area (Å²) in [5.41, 5.74) is 1.50. The van der Waals surface area contributed by atoms with Gasteiger partial charge >= 0.3 is 0 Å². The zero-order chi connectivity index (χ0) is 23.5. The maximum absolute atomic E-state index is 13.2. The number of rotatable bonds is 6. The standard InChI is InChI=1S/C24H28N4O5/c1-15-18(14-25-16(2)26-15)22(29)20-21(17-6-4-5-7-19(17)32-3)28(24(31)23(20)30)9-8-27-10-12-33-13-11-27/h4-7,14,21,29H,8-13H2,1-3H3/b22-20+/t21-/m1/s1. The molecule has 9 nitrogen and oxygen atoms in total. The number of morpholine rings is 1. The van der Waals surface area contributed by atoms with Crippen molar-refractivity contribution < 1.29 is 24.2 Å². The molecule has 4 rings (SSSR count). The third-order valence-corrected chi connectivity index (χ3v) is 6.09. The van der Waals surface area contributed by atoms with Crippen LogP contribution < -0.4 is 4.74 Å². The normalized spacial score (nSPS) is 20.9. The molecule has 0 aliphatic carbocycles. The Kier molecular flexibility index (Phi) is 6.71. The summed E-state index contributed by atoms with van der Waals surface area (Å²) in [7, 11) is 1.54. The smallest absolute Gasteiger partial charge is 0.295 e. The fraction of sp³-hybridized carbons (Fsp3) is 0.417. The number of aromatic nitrogens is 2. The number of carbonyl (C=O) groups is 2. The summed E-state index contributed by atoms with van der Waals surface area (Å²) in [6.07, 6.45) is 1.48. The molecule has 1 aromatic carbocycles. The van der Waals surface area contributed by atoms with E-state index in [1.807, 2.05) is 18.2 Å². The van der Waals surface area contributed by atoms with Crippen molar-refractivity contribution >= 4 is 17.4 Å². The van der Waals surface area contributed by atoms with Crippen LogP contribution in [0.3, 0.4) is 0 Å². The molecule has 1 aromatic heterocycles. The van der Waals surface area contributed by atoms with Crippen LogP contribution in [0.5, 0.6) is 5.75 Å². The zero-order valence-electron chi connectivity index (χ0n) is 19.1. The molecule has 2 fully saturated rings. The van der Waals surface area contributed by atoms with Gasteiger partial charge in [-0.1, -0.05) is 18.2 Å². The van der Waals surface area contributed by atoms with Crippen molar-refractivity contribution in [2.45, 2.75) is 19.9 Å². The summed E-state index contributed by atoms with van der Waals surface area (Å²) in [4.78, 5) is 38.6. The highest BCUT2D eigenvalue weighted by Gasteiger charge is 2.47. The largest absolute Gasteiger partial charge is 0.507 e. The number of ketones is 1. The van der Waals surface area contributed by atoms with Gasteiger partial charge in [0.05, 0.1) is 43.2 Å². The Balaban J connectivity index is 1.80. The molecule has 2 saturated heterocycles. The van der Waals surface area contributed by atoms with Crippen LogP contribution in [0.25, 0.3) is 5.76 Å². The number of hydrogen-bond donors (Lipinski definition) is 1. The predicted octanol–water partition coefficient (Wildman–Crippen LogP) is 1.86. The predicted molar refractivity (Wildman–Crippen MR) is 121 cm³/mol. The molecule has 174 valence electrons. The van der Waals surface area contributed by atoms with Crippen molar-refractivity contribution in [3.05, 3.63) is 58.7 Å². The van der Waals surface area contributed by atoms with Crippen LogP contribution in [-0.2, 0) is 14.3 Å². The summed E-state index contributed by atoms with van der Waals surface area (Å²) in [5, 5.41) is 11.2. The van der Waals surface area contributed by atoms with E-state index in [1.54, 1.807) is 19.9 Å². The van der Waals surface area contributed by atoms with Gasteiger partial charge in [-0.3, -0.25) is 14.5 Å². The van der Waals surface area contributed by atoms with Gasteiger partial charge in [0.15, 0.2) is 0 Å². The van der Waals surface area contributed by atoms with Crippen LogP contribution in [0.2, 0.25) is 0 Å². The van der Waals surface area contributed by atoms with Crippen molar-refractivity contribution in [2.75, 3.05) is 46.5 Å². The average molecular weight is 453 g/mol. The van der Waals surface area contributed by atoms with Crippen LogP contribution in [0.15, 0.2) is 36.0 Å². The first kappa shape index (κ1) is 22.9. The molecule has 3 heterocycles. The Morgan fingerprint density at radius 2 is 1.91 bits per heavy atom. The van der Waals surface area contributed by atoms with E-state index in [4.69, 9.17) is 9.47 Å². The number of likely N-dealkylation sites (tertiary alicyclic amines) is 1. The van der Waals surface area contributed by atoms with Crippen molar-refractivity contribution in [3.63, 3.8) is 0 Å². The van der Waals surface area contributed by atoms with E-state index in [-0.39, 0.29) is 11.3 Å². The second-order valence-electron chi connectivity index (χ2n) is 8.10. The number of Topliss-reactive ketones (excluding diaryl/α,β-unsaturated/α-hetero) is 1. The summed E-state index contributed by atoms with van der Waals surface area (Å²) >= 11 is 0. The molecule has 0 radical (unpaired) electrons. The minimum absolute atomic E-state index is 0.0158. The van der Waals surface area contributed by atoms with E-state index in [1.165, 1.54) is 18.2 Å². The zero-order valence-corrected chi connectivity index (χ0v) is 19.1. The Hall–Kier alpha value is -3.30. The summed E-state index contributed by atoms with van der Waals surface area (Å²) in [5.74, 6) is -0.577. The van der Waals surface area contributed by atoms with Gasteiger partial charge in [-0.25, -0.2) is 9.97 Å². The lowest BCUT2D eigenvalue weighted by Gasteiger charge is -2.31. The van der Waals surface area contributed by atoms with Gasteiger partial charge in [-0.15, -0.1) is 0 Å². The molecule has 1 N–H and O–H groups in total. The fourth-order valence-electron chi connectivity index (χ4n) is 4.36. The molecule has 0 saturated carbocycles. The number of aliphatic hydroxyl groups excluding tert-OH is 1. The van der Waals surface area contributed by atoms with Gasteiger partial charge in [0.25, 0.3) is 11.7 Å². The van der Waals surface area contributed by atoms with E-state index in [9.17, 15) is 14.7 Å². The highest BCUT2D eigenvalue weighted by molar-refractivity contribution is 6.46. The minimum atomic E-state index is -0.789. The molecule has 2 aliphatic rings. The van der Waals surface area contributed by atoms with Crippen molar-refractivity contribution in [1.29, 1.82) is 0 Å². The van der Waals surface area contributed by atoms with Gasteiger partial charge in [0.2, 0.25) is 0 Å². The number of amides is 1. The van der Waals surface area contributed by atoms with E-state index < -0.39 is 17.7 Å². The van der Waals surface area contributed by atoms with Crippen molar-refractivity contribution in [1.82, 2.24) is 19.8 Å². The molecule has 9 heteroatoms. The van der Waals surface area contributed by atoms with Gasteiger partial charge in [-0.2, -0.15) is 0 Å². The first-order chi connectivity index (χ1) is 15.9. The molecule has 1 atom stereocenters. The van der Waals surface area contributed by atoms with Crippen LogP contribution in [-0.4, -0.2) is 83.1 Å². The summed E-state index contributed by atoms with van der Waals surface area (Å²) in [6.45, 7) is 7.21. The molecule has 33 heavy (non-hydrogen) atoms. The number of aryl methyl sites for hydroxylation is 2. The maximum atomic E-state index is 13.2. The maximum Gasteiger partial charge on any atom is 0.295 e. The first-order valence-electron chi connectivity index (χ1n) is 10.9. The van der Waals surface area contributed by atoms with E-state index in [0.717, 1.165) is 13.1 Å². The number of benzene rings is 1. The summed E-state index contributed by atoms with van der Waals surface area (Å²) < 4.78 is 10.9. The molecule has 1 amide bonds. The highest BCUT2D eigenvalue weighted by Crippen LogP contribution is 2.42. The number of ether oxygens (including phenoxy) is 2. The Bertz CT molecular complexity index is 1090. The molecule has 0 spiro atoms. The monoisotopic (exact) mass is 452 g/mol. The molecule has 2 aliphatic heterocycles. The molecular weight excluding hydrogens is 424 g/mol. The summed E-state index contributed by atoms with van der Waals surface area (Å²) in [6, 6.07) is 6.43.